The standard InChI is InChI=1S/C7H12Cl2O2/c1-7(2,6(9)5-8)11-4-3-10/h5,10H,3-4H2,1-2H3. The predicted octanol–water partition coefficient (Wildman–Crippen LogP) is 2.09. The minimum Gasteiger partial charge on any atom is -0.394 e. The zero-order valence-corrected chi connectivity index (χ0v) is 8.11. The molecule has 2 nitrogen and oxygen atoms in total. The molecule has 0 radical (unpaired) electrons. The second-order valence-electron chi connectivity index (χ2n) is 2.54. The van der Waals surface area contributed by atoms with Crippen LogP contribution in [0.5, 0.6) is 0 Å². The Kier molecular flexibility index (Phi) is 5.10. The highest BCUT2D eigenvalue weighted by Gasteiger charge is 2.21. The van der Waals surface area contributed by atoms with E-state index in [9.17, 15) is 0 Å². The highest BCUT2D eigenvalue weighted by molar-refractivity contribution is 6.37. The summed E-state index contributed by atoms with van der Waals surface area (Å²) in [6.45, 7) is 3.80. The quantitative estimate of drug-likeness (QED) is 0.751. The van der Waals surface area contributed by atoms with E-state index in [1.807, 2.05) is 0 Å². The van der Waals surface area contributed by atoms with Crippen molar-refractivity contribution in [2.24, 2.45) is 0 Å². The molecule has 0 spiro atoms. The summed E-state index contributed by atoms with van der Waals surface area (Å²) in [5, 5.41) is 8.89. The molecule has 1 N–H and O–H groups in total. The van der Waals surface area contributed by atoms with Crippen molar-refractivity contribution in [1.82, 2.24) is 0 Å². The fraction of sp³-hybridized carbons (Fsp3) is 0.714. The third kappa shape index (κ3) is 3.97. The molecule has 0 amide bonds. The van der Waals surface area contributed by atoms with Crippen LogP contribution < -0.4 is 0 Å². The van der Waals surface area contributed by atoms with E-state index in [-0.39, 0.29) is 13.2 Å². The van der Waals surface area contributed by atoms with Crippen LogP contribution in [-0.4, -0.2) is 23.9 Å². The number of aliphatic hydroxyl groups is 1. The summed E-state index contributed by atoms with van der Waals surface area (Å²) >= 11 is 11.1. The number of hydrogen-bond acceptors (Lipinski definition) is 2. The van der Waals surface area contributed by atoms with Crippen LogP contribution in [0.2, 0.25) is 0 Å². The maximum absolute atomic E-state index is 8.46. The lowest BCUT2D eigenvalue weighted by Crippen LogP contribution is -2.26. The van der Waals surface area contributed by atoms with Gasteiger partial charge in [0.1, 0.15) is 0 Å². The molecule has 0 aromatic heterocycles. The maximum atomic E-state index is 8.46. The molecule has 0 aliphatic carbocycles. The van der Waals surface area contributed by atoms with Gasteiger partial charge in [0.05, 0.1) is 23.8 Å². The van der Waals surface area contributed by atoms with Gasteiger partial charge in [-0.3, -0.25) is 0 Å². The van der Waals surface area contributed by atoms with E-state index in [1.54, 1.807) is 13.8 Å². The van der Waals surface area contributed by atoms with Gasteiger partial charge in [-0.05, 0) is 13.8 Å². The molecule has 0 bridgehead atoms. The molecule has 0 aliphatic rings. The van der Waals surface area contributed by atoms with Crippen molar-refractivity contribution < 1.29 is 9.84 Å². The molecule has 0 aromatic rings. The minimum atomic E-state index is -0.605. The Bertz CT molecular complexity index is 143. The van der Waals surface area contributed by atoms with Gasteiger partial charge >= 0.3 is 0 Å². The highest BCUT2D eigenvalue weighted by atomic mass is 35.5. The van der Waals surface area contributed by atoms with E-state index in [0.717, 1.165) is 0 Å². The lowest BCUT2D eigenvalue weighted by molar-refractivity contribution is -0.00321. The van der Waals surface area contributed by atoms with Crippen molar-refractivity contribution in [3.8, 4) is 0 Å². The lowest BCUT2D eigenvalue weighted by atomic mass is 10.1. The molecular formula is C7H12Cl2O2. The van der Waals surface area contributed by atoms with Crippen LogP contribution in [0.4, 0.5) is 0 Å². The van der Waals surface area contributed by atoms with Crippen molar-refractivity contribution in [3.05, 3.63) is 10.6 Å². The summed E-state index contributed by atoms with van der Waals surface area (Å²) in [6, 6.07) is 0. The van der Waals surface area contributed by atoms with Crippen LogP contribution >= 0.6 is 23.2 Å². The number of ether oxygens (including phenoxy) is 1. The number of hydrogen-bond donors (Lipinski definition) is 1. The normalized spacial score (nSPS) is 13.7. The lowest BCUT2D eigenvalue weighted by Gasteiger charge is -2.23. The summed E-state index contributed by atoms with van der Waals surface area (Å²) in [6.07, 6.45) is 0. The maximum Gasteiger partial charge on any atom is 0.0990 e. The minimum absolute atomic E-state index is 0.0180. The van der Waals surface area contributed by atoms with Gasteiger partial charge in [-0.1, -0.05) is 23.2 Å². The third-order valence-corrected chi connectivity index (χ3v) is 2.12. The SMILES string of the molecule is CC(C)(OCCO)C(Cl)=CCl. The first-order valence-electron chi connectivity index (χ1n) is 3.25. The molecule has 0 rings (SSSR count). The average molecular weight is 199 g/mol. The first-order valence-corrected chi connectivity index (χ1v) is 4.07. The van der Waals surface area contributed by atoms with Crippen LogP contribution in [0.1, 0.15) is 13.8 Å². The monoisotopic (exact) mass is 198 g/mol. The van der Waals surface area contributed by atoms with Crippen molar-refractivity contribution in [2.45, 2.75) is 19.4 Å². The number of rotatable bonds is 4. The van der Waals surface area contributed by atoms with E-state index in [0.29, 0.717) is 5.03 Å². The predicted molar refractivity (Wildman–Crippen MR) is 46.9 cm³/mol. The number of aliphatic hydroxyl groups excluding tert-OH is 1. The molecule has 0 unspecified atom stereocenters. The molecular weight excluding hydrogens is 187 g/mol. The van der Waals surface area contributed by atoms with Crippen LogP contribution in [0.15, 0.2) is 10.6 Å². The first kappa shape index (κ1) is 11.2. The molecule has 0 aliphatic heterocycles. The van der Waals surface area contributed by atoms with Crippen LogP contribution in [0.25, 0.3) is 0 Å². The molecule has 0 saturated heterocycles. The van der Waals surface area contributed by atoms with Crippen LogP contribution in [0, 0.1) is 0 Å². The van der Waals surface area contributed by atoms with Gasteiger partial charge in [0.2, 0.25) is 0 Å². The topological polar surface area (TPSA) is 29.5 Å². The Morgan fingerprint density at radius 2 is 2.18 bits per heavy atom. The van der Waals surface area contributed by atoms with Gasteiger partial charge in [-0.25, -0.2) is 0 Å². The largest absolute Gasteiger partial charge is 0.394 e. The van der Waals surface area contributed by atoms with E-state index in [4.69, 9.17) is 33.0 Å². The summed E-state index contributed by atoms with van der Waals surface area (Å²) < 4.78 is 5.20. The smallest absolute Gasteiger partial charge is 0.0990 e. The van der Waals surface area contributed by atoms with E-state index < -0.39 is 5.60 Å². The van der Waals surface area contributed by atoms with Gasteiger partial charge in [0, 0.05) is 5.54 Å². The van der Waals surface area contributed by atoms with E-state index in [2.05, 4.69) is 0 Å². The van der Waals surface area contributed by atoms with E-state index in [1.165, 1.54) is 5.54 Å². The van der Waals surface area contributed by atoms with Gasteiger partial charge < -0.3 is 9.84 Å². The second kappa shape index (κ2) is 4.99. The first-order chi connectivity index (χ1) is 5.04. The van der Waals surface area contributed by atoms with Crippen molar-refractivity contribution in [2.75, 3.05) is 13.2 Å². The van der Waals surface area contributed by atoms with E-state index >= 15 is 0 Å². The third-order valence-electron chi connectivity index (χ3n) is 1.23. The van der Waals surface area contributed by atoms with Gasteiger partial charge in [0.15, 0.2) is 0 Å². The van der Waals surface area contributed by atoms with Crippen LogP contribution in [-0.2, 0) is 4.74 Å². The molecule has 0 aromatic carbocycles. The second-order valence-corrected chi connectivity index (χ2v) is 3.16. The van der Waals surface area contributed by atoms with Crippen molar-refractivity contribution >= 4 is 23.2 Å². The average Bonchev–Trinajstić information content (AvgIpc) is 1.99. The molecule has 4 heteroatoms. The van der Waals surface area contributed by atoms with Crippen molar-refractivity contribution in [1.29, 1.82) is 0 Å². The van der Waals surface area contributed by atoms with Gasteiger partial charge in [0.25, 0.3) is 0 Å². The van der Waals surface area contributed by atoms with Gasteiger partial charge in [-0.2, -0.15) is 0 Å². The van der Waals surface area contributed by atoms with Crippen molar-refractivity contribution in [3.63, 3.8) is 0 Å². The van der Waals surface area contributed by atoms with Crippen LogP contribution in [0.3, 0.4) is 0 Å². The Morgan fingerprint density at radius 1 is 1.64 bits per heavy atom. The summed E-state index contributed by atoms with van der Waals surface area (Å²) in [7, 11) is 0. The highest BCUT2D eigenvalue weighted by Crippen LogP contribution is 2.24. The Hall–Kier alpha value is 0.240. The molecule has 66 valence electrons. The zero-order chi connectivity index (χ0) is 8.91. The Labute approximate surface area is 76.8 Å². The molecule has 0 heterocycles. The zero-order valence-electron chi connectivity index (χ0n) is 6.60. The Balaban J connectivity index is 3.99. The summed E-state index contributed by atoms with van der Waals surface area (Å²) in [5.41, 5.74) is 0.658. The molecule has 0 fully saturated rings. The fourth-order valence-electron chi connectivity index (χ4n) is 0.501. The number of halogens is 2. The molecule has 0 saturated carbocycles. The van der Waals surface area contributed by atoms with Gasteiger partial charge in [-0.15, -0.1) is 0 Å². The summed E-state index contributed by atoms with van der Waals surface area (Å²) in [4.78, 5) is 0. The summed E-state index contributed by atoms with van der Waals surface area (Å²) in [5.74, 6) is 0. The fourth-order valence-corrected chi connectivity index (χ4v) is 0.818. The molecule has 11 heavy (non-hydrogen) atoms. The Morgan fingerprint density at radius 3 is 2.55 bits per heavy atom. The molecule has 0 atom stereocenters.